The Bertz CT molecular complexity index is 832. The Hall–Kier alpha value is -2.31. The number of hydrogen-bond acceptors (Lipinski definition) is 5. The molecule has 0 bridgehead atoms. The van der Waals surface area contributed by atoms with E-state index in [1.807, 2.05) is 24.3 Å². The Labute approximate surface area is 142 Å². The molecule has 0 radical (unpaired) electrons. The lowest BCUT2D eigenvalue weighted by Gasteiger charge is -2.02. The molecule has 7 heteroatoms. The number of nitrogens with zero attached hydrogens (tertiary/aromatic N) is 3. The standard InChI is InChI=1S/C16H13ClN4OS/c1-10-18-7-6-14(21-10)15(22)19-8-13-9-20-16(23-13)11-2-4-12(17)5-3-11/h2-7,9H,8H2,1H3,(H,19,22). The van der Waals surface area contributed by atoms with Crippen LogP contribution in [0.1, 0.15) is 21.2 Å². The molecule has 3 aromatic rings. The second-order valence-electron chi connectivity index (χ2n) is 4.81. The van der Waals surface area contributed by atoms with Gasteiger partial charge in [0.25, 0.3) is 5.91 Å². The van der Waals surface area contributed by atoms with Gasteiger partial charge >= 0.3 is 0 Å². The first-order valence-electron chi connectivity index (χ1n) is 6.90. The van der Waals surface area contributed by atoms with E-state index in [0.717, 1.165) is 15.4 Å². The third kappa shape index (κ3) is 3.91. The molecule has 0 aliphatic rings. The lowest BCUT2D eigenvalue weighted by atomic mass is 10.2. The summed E-state index contributed by atoms with van der Waals surface area (Å²) in [4.78, 5) is 25.5. The van der Waals surface area contributed by atoms with Crippen molar-refractivity contribution in [2.24, 2.45) is 0 Å². The second-order valence-corrected chi connectivity index (χ2v) is 6.36. The third-order valence-electron chi connectivity index (χ3n) is 3.08. The first-order valence-corrected chi connectivity index (χ1v) is 8.10. The van der Waals surface area contributed by atoms with E-state index in [4.69, 9.17) is 11.6 Å². The number of aryl methyl sites for hydroxylation is 1. The van der Waals surface area contributed by atoms with Gasteiger partial charge in [-0.15, -0.1) is 11.3 Å². The van der Waals surface area contributed by atoms with Crippen molar-refractivity contribution < 1.29 is 4.79 Å². The van der Waals surface area contributed by atoms with Crippen molar-refractivity contribution in [3.05, 3.63) is 64.1 Å². The lowest BCUT2D eigenvalue weighted by molar-refractivity contribution is 0.0946. The molecule has 2 heterocycles. The molecule has 0 unspecified atom stereocenters. The van der Waals surface area contributed by atoms with Crippen LogP contribution in [0.2, 0.25) is 5.02 Å². The number of nitrogens with one attached hydrogen (secondary N) is 1. The Morgan fingerprint density at radius 2 is 2.00 bits per heavy atom. The molecule has 5 nitrogen and oxygen atoms in total. The molecule has 0 spiro atoms. The number of carbonyl (C=O) groups is 1. The van der Waals surface area contributed by atoms with Crippen LogP contribution in [-0.2, 0) is 6.54 Å². The van der Waals surface area contributed by atoms with Gasteiger partial charge in [0.05, 0.1) is 6.54 Å². The van der Waals surface area contributed by atoms with Crippen molar-refractivity contribution >= 4 is 28.8 Å². The third-order valence-corrected chi connectivity index (χ3v) is 4.37. The van der Waals surface area contributed by atoms with Crippen LogP contribution < -0.4 is 5.32 Å². The number of halogens is 1. The van der Waals surface area contributed by atoms with Gasteiger partial charge in [0.1, 0.15) is 16.5 Å². The zero-order valence-electron chi connectivity index (χ0n) is 12.3. The van der Waals surface area contributed by atoms with Gasteiger partial charge in [-0.05, 0) is 25.1 Å². The van der Waals surface area contributed by atoms with Gasteiger partial charge in [-0.25, -0.2) is 15.0 Å². The van der Waals surface area contributed by atoms with E-state index in [9.17, 15) is 4.79 Å². The van der Waals surface area contributed by atoms with Crippen LogP contribution in [-0.4, -0.2) is 20.9 Å². The molecule has 23 heavy (non-hydrogen) atoms. The van der Waals surface area contributed by atoms with Gasteiger partial charge in [-0.2, -0.15) is 0 Å². The van der Waals surface area contributed by atoms with E-state index < -0.39 is 0 Å². The summed E-state index contributed by atoms with van der Waals surface area (Å²) in [7, 11) is 0. The summed E-state index contributed by atoms with van der Waals surface area (Å²) in [5.74, 6) is 0.345. The minimum atomic E-state index is -0.225. The highest BCUT2D eigenvalue weighted by atomic mass is 35.5. The van der Waals surface area contributed by atoms with Crippen LogP contribution in [0.25, 0.3) is 10.6 Å². The van der Waals surface area contributed by atoms with E-state index in [2.05, 4.69) is 20.3 Å². The summed E-state index contributed by atoms with van der Waals surface area (Å²) >= 11 is 7.41. The molecular weight excluding hydrogens is 332 g/mol. The Morgan fingerprint density at radius 3 is 2.74 bits per heavy atom. The van der Waals surface area contributed by atoms with Crippen molar-refractivity contribution in [3.8, 4) is 10.6 Å². The van der Waals surface area contributed by atoms with Crippen molar-refractivity contribution in [1.82, 2.24) is 20.3 Å². The van der Waals surface area contributed by atoms with Gasteiger partial charge in [0.15, 0.2) is 0 Å². The predicted octanol–water partition coefficient (Wildman–Crippen LogP) is 3.49. The van der Waals surface area contributed by atoms with Crippen molar-refractivity contribution in [2.75, 3.05) is 0 Å². The van der Waals surface area contributed by atoms with Gasteiger partial charge in [-0.3, -0.25) is 4.79 Å². The normalized spacial score (nSPS) is 10.5. The predicted molar refractivity (Wildman–Crippen MR) is 90.5 cm³/mol. The Kier molecular flexibility index (Phi) is 4.64. The summed E-state index contributed by atoms with van der Waals surface area (Å²) in [5.41, 5.74) is 1.36. The van der Waals surface area contributed by atoms with Crippen LogP contribution in [0.4, 0.5) is 0 Å². The van der Waals surface area contributed by atoms with Gasteiger partial charge in [0.2, 0.25) is 0 Å². The number of rotatable bonds is 4. The molecule has 1 amide bonds. The molecule has 1 N–H and O–H groups in total. The summed E-state index contributed by atoms with van der Waals surface area (Å²) in [5, 5.41) is 4.42. The topological polar surface area (TPSA) is 67.8 Å². The van der Waals surface area contributed by atoms with E-state index in [1.165, 1.54) is 11.3 Å². The number of thiazole rings is 1. The first kappa shape index (κ1) is 15.6. The molecule has 0 saturated carbocycles. The van der Waals surface area contributed by atoms with E-state index >= 15 is 0 Å². The zero-order valence-corrected chi connectivity index (χ0v) is 13.9. The van der Waals surface area contributed by atoms with E-state index in [1.54, 1.807) is 25.4 Å². The molecular formula is C16H13ClN4OS. The van der Waals surface area contributed by atoms with Gasteiger partial charge in [-0.1, -0.05) is 23.7 Å². The quantitative estimate of drug-likeness (QED) is 0.786. The van der Waals surface area contributed by atoms with Crippen LogP contribution in [0.5, 0.6) is 0 Å². The Morgan fingerprint density at radius 1 is 1.22 bits per heavy atom. The summed E-state index contributed by atoms with van der Waals surface area (Å²) < 4.78 is 0. The summed E-state index contributed by atoms with van der Waals surface area (Å²) in [6.45, 7) is 2.16. The Balaban J connectivity index is 1.65. The number of hydrogen-bond donors (Lipinski definition) is 1. The largest absolute Gasteiger partial charge is 0.346 e. The molecule has 1 aromatic carbocycles. The monoisotopic (exact) mass is 344 g/mol. The number of benzene rings is 1. The van der Waals surface area contributed by atoms with Crippen molar-refractivity contribution in [3.63, 3.8) is 0 Å². The lowest BCUT2D eigenvalue weighted by Crippen LogP contribution is -2.23. The number of amides is 1. The number of aromatic nitrogens is 3. The van der Waals surface area contributed by atoms with Gasteiger partial charge in [0, 0.05) is 27.9 Å². The highest BCUT2D eigenvalue weighted by Crippen LogP contribution is 2.26. The maximum Gasteiger partial charge on any atom is 0.270 e. The van der Waals surface area contributed by atoms with Crippen molar-refractivity contribution in [1.29, 1.82) is 0 Å². The van der Waals surface area contributed by atoms with Crippen LogP contribution in [0, 0.1) is 6.92 Å². The molecule has 116 valence electrons. The summed E-state index contributed by atoms with van der Waals surface area (Å²) in [6, 6.07) is 9.10. The van der Waals surface area contributed by atoms with Crippen LogP contribution in [0.3, 0.4) is 0 Å². The van der Waals surface area contributed by atoms with Crippen LogP contribution in [0.15, 0.2) is 42.7 Å². The minimum Gasteiger partial charge on any atom is -0.346 e. The first-order chi connectivity index (χ1) is 11.1. The molecule has 0 saturated heterocycles. The molecule has 0 aliphatic heterocycles. The average Bonchev–Trinajstić information content (AvgIpc) is 3.02. The van der Waals surface area contributed by atoms with Gasteiger partial charge < -0.3 is 5.32 Å². The molecule has 0 atom stereocenters. The maximum absolute atomic E-state index is 12.1. The molecule has 3 rings (SSSR count). The fourth-order valence-corrected chi connectivity index (χ4v) is 2.94. The van der Waals surface area contributed by atoms with Crippen LogP contribution >= 0.6 is 22.9 Å². The fourth-order valence-electron chi connectivity index (χ4n) is 1.96. The second kappa shape index (κ2) is 6.85. The summed E-state index contributed by atoms with van der Waals surface area (Å²) in [6.07, 6.45) is 3.34. The van der Waals surface area contributed by atoms with Crippen molar-refractivity contribution in [2.45, 2.75) is 13.5 Å². The smallest absolute Gasteiger partial charge is 0.270 e. The number of carbonyl (C=O) groups excluding carboxylic acids is 1. The highest BCUT2D eigenvalue weighted by molar-refractivity contribution is 7.15. The van der Waals surface area contributed by atoms with E-state index in [0.29, 0.717) is 23.1 Å². The average molecular weight is 345 g/mol. The molecule has 0 fully saturated rings. The zero-order chi connectivity index (χ0) is 16.2. The van der Waals surface area contributed by atoms with E-state index in [-0.39, 0.29) is 5.91 Å². The minimum absolute atomic E-state index is 0.225. The maximum atomic E-state index is 12.1. The molecule has 2 aromatic heterocycles. The fraction of sp³-hybridized carbons (Fsp3) is 0.125. The highest BCUT2D eigenvalue weighted by Gasteiger charge is 2.09. The SMILES string of the molecule is Cc1nccc(C(=O)NCc2cnc(-c3ccc(Cl)cc3)s2)n1. The molecule has 0 aliphatic carbocycles.